The average molecular weight is 567 g/mol. The van der Waals surface area contributed by atoms with Crippen molar-refractivity contribution in [1.29, 1.82) is 0 Å². The summed E-state index contributed by atoms with van der Waals surface area (Å²) in [5, 5.41) is 6.37. The van der Waals surface area contributed by atoms with E-state index in [4.69, 9.17) is 12.2 Å². The van der Waals surface area contributed by atoms with E-state index in [-0.39, 0.29) is 36.5 Å². The first-order valence-corrected chi connectivity index (χ1v) is 14.1. The van der Waals surface area contributed by atoms with Gasteiger partial charge in [0.05, 0.1) is 10.5 Å². The summed E-state index contributed by atoms with van der Waals surface area (Å²) >= 11 is 7.95. The molecule has 3 aromatic rings. The van der Waals surface area contributed by atoms with Crippen LogP contribution in [0.1, 0.15) is 44.8 Å². The molecule has 2 N–H and O–H groups in total. The van der Waals surface area contributed by atoms with Crippen LogP contribution in [0.5, 0.6) is 0 Å². The number of carbonyl (C=O) groups is 3. The third kappa shape index (κ3) is 5.85. The van der Waals surface area contributed by atoms with Crippen molar-refractivity contribution >= 4 is 68.4 Å². The van der Waals surface area contributed by atoms with E-state index < -0.39 is 0 Å². The van der Waals surface area contributed by atoms with Crippen LogP contribution in [-0.4, -0.2) is 38.5 Å². The fourth-order valence-corrected chi connectivity index (χ4v) is 6.92. The lowest BCUT2D eigenvalue weighted by Crippen LogP contribution is -2.31. The van der Waals surface area contributed by atoms with Crippen LogP contribution in [0, 0.1) is 5.82 Å². The standard InChI is InChI=1S/C27H23FN4O3S3/c28-18-8-6-16(7-9-18)13-21-26(35)32(27(36)38-21)12-10-22(33)31-25-23(19-4-1-5-20(19)37-25)24(34)30-15-17-3-2-11-29-14-17/h2-3,6-9,11,13-14H,1,4-5,10,12,15H2,(H,30,34)(H,31,33)/b21-13-. The molecule has 2 aliphatic rings. The molecule has 3 heterocycles. The Hall–Kier alpha value is -3.41. The van der Waals surface area contributed by atoms with Gasteiger partial charge in [0, 0.05) is 36.8 Å². The highest BCUT2D eigenvalue weighted by Gasteiger charge is 2.32. The topological polar surface area (TPSA) is 91.4 Å². The molecule has 11 heteroatoms. The van der Waals surface area contributed by atoms with Gasteiger partial charge in [0.1, 0.15) is 15.1 Å². The van der Waals surface area contributed by atoms with E-state index in [9.17, 15) is 18.8 Å². The zero-order valence-corrected chi connectivity index (χ0v) is 22.6. The molecule has 0 saturated carbocycles. The number of carbonyl (C=O) groups excluding carboxylic acids is 3. The third-order valence-electron chi connectivity index (χ3n) is 6.18. The van der Waals surface area contributed by atoms with E-state index in [0.29, 0.717) is 31.9 Å². The van der Waals surface area contributed by atoms with Crippen LogP contribution >= 0.6 is 35.3 Å². The van der Waals surface area contributed by atoms with Crippen molar-refractivity contribution in [3.05, 3.63) is 86.6 Å². The van der Waals surface area contributed by atoms with Gasteiger partial charge in [-0.1, -0.05) is 42.2 Å². The molecule has 1 aliphatic heterocycles. The van der Waals surface area contributed by atoms with Gasteiger partial charge in [-0.25, -0.2) is 4.39 Å². The van der Waals surface area contributed by atoms with Crippen molar-refractivity contribution in [3.8, 4) is 0 Å². The Balaban J connectivity index is 1.22. The highest BCUT2D eigenvalue weighted by atomic mass is 32.2. The number of benzene rings is 1. The molecule has 1 fully saturated rings. The van der Waals surface area contributed by atoms with Crippen LogP contribution in [0.15, 0.2) is 53.7 Å². The van der Waals surface area contributed by atoms with Gasteiger partial charge in [-0.2, -0.15) is 0 Å². The zero-order valence-electron chi connectivity index (χ0n) is 20.2. The van der Waals surface area contributed by atoms with Crippen molar-refractivity contribution < 1.29 is 18.8 Å². The number of aryl methyl sites for hydroxylation is 1. The summed E-state index contributed by atoms with van der Waals surface area (Å²) in [7, 11) is 0. The Labute approximate surface area is 232 Å². The van der Waals surface area contributed by atoms with Crippen LogP contribution in [0.2, 0.25) is 0 Å². The lowest BCUT2D eigenvalue weighted by atomic mass is 10.1. The van der Waals surface area contributed by atoms with Gasteiger partial charge in [0.25, 0.3) is 11.8 Å². The summed E-state index contributed by atoms with van der Waals surface area (Å²) in [5.41, 5.74) is 3.09. The van der Waals surface area contributed by atoms with Gasteiger partial charge in [-0.05, 0) is 60.2 Å². The SMILES string of the molecule is O=C(CCN1C(=O)/C(=C/c2ccc(F)cc2)SC1=S)Nc1sc2c(c1C(=O)NCc1cccnc1)CCC2. The summed E-state index contributed by atoms with van der Waals surface area (Å²) in [5.74, 6) is -1.18. The number of thiophene rings is 1. The zero-order chi connectivity index (χ0) is 26.6. The predicted octanol–water partition coefficient (Wildman–Crippen LogP) is 4.93. The molecular formula is C27H23FN4O3S3. The number of thioether (sulfide) groups is 1. The quantitative estimate of drug-likeness (QED) is 0.297. The number of nitrogens with one attached hydrogen (secondary N) is 2. The number of halogens is 1. The Kier molecular flexibility index (Phi) is 7.96. The van der Waals surface area contributed by atoms with E-state index >= 15 is 0 Å². The van der Waals surface area contributed by atoms with Gasteiger partial charge in [0.15, 0.2) is 0 Å². The number of fused-ring (bicyclic) bond motifs is 1. The first kappa shape index (κ1) is 26.2. The molecule has 1 aliphatic carbocycles. The molecule has 0 radical (unpaired) electrons. The van der Waals surface area contributed by atoms with E-state index in [1.54, 1.807) is 30.6 Å². The molecule has 7 nitrogen and oxygen atoms in total. The Morgan fingerprint density at radius 2 is 2.00 bits per heavy atom. The predicted molar refractivity (Wildman–Crippen MR) is 151 cm³/mol. The van der Waals surface area contributed by atoms with E-state index in [2.05, 4.69) is 15.6 Å². The summed E-state index contributed by atoms with van der Waals surface area (Å²) in [6.07, 6.45) is 7.72. The van der Waals surface area contributed by atoms with Crippen molar-refractivity contribution in [2.75, 3.05) is 11.9 Å². The molecule has 5 rings (SSSR count). The number of nitrogens with zero attached hydrogens (tertiary/aromatic N) is 2. The fraction of sp³-hybridized carbons (Fsp3) is 0.222. The summed E-state index contributed by atoms with van der Waals surface area (Å²) < 4.78 is 13.5. The number of thiocarbonyl (C=S) groups is 1. The average Bonchev–Trinajstić information content (AvgIpc) is 3.56. The Morgan fingerprint density at radius 1 is 1.18 bits per heavy atom. The van der Waals surface area contributed by atoms with Gasteiger partial charge in [0.2, 0.25) is 5.91 Å². The highest BCUT2D eigenvalue weighted by molar-refractivity contribution is 8.26. The summed E-state index contributed by atoms with van der Waals surface area (Å²) in [6.45, 7) is 0.454. The second-order valence-corrected chi connectivity index (χ2v) is 11.6. The Bertz CT molecular complexity index is 1440. The van der Waals surface area contributed by atoms with Gasteiger partial charge in [-0.3, -0.25) is 24.3 Å². The molecule has 0 spiro atoms. The van der Waals surface area contributed by atoms with Crippen molar-refractivity contribution in [2.24, 2.45) is 0 Å². The van der Waals surface area contributed by atoms with Crippen LogP contribution < -0.4 is 10.6 Å². The number of anilines is 1. The smallest absolute Gasteiger partial charge is 0.266 e. The van der Waals surface area contributed by atoms with Crippen molar-refractivity contribution in [2.45, 2.75) is 32.2 Å². The maximum atomic E-state index is 13.2. The van der Waals surface area contributed by atoms with E-state index in [0.717, 1.165) is 47.0 Å². The maximum Gasteiger partial charge on any atom is 0.266 e. The number of aromatic nitrogens is 1. The summed E-state index contributed by atoms with van der Waals surface area (Å²) in [6, 6.07) is 9.51. The van der Waals surface area contributed by atoms with Crippen LogP contribution in [0.3, 0.4) is 0 Å². The molecule has 38 heavy (non-hydrogen) atoms. The van der Waals surface area contributed by atoms with Crippen LogP contribution in [-0.2, 0) is 29.0 Å². The molecule has 194 valence electrons. The van der Waals surface area contributed by atoms with E-state index in [1.165, 1.54) is 28.4 Å². The first-order chi connectivity index (χ1) is 18.4. The lowest BCUT2D eigenvalue weighted by Gasteiger charge is -2.14. The number of hydrogen-bond acceptors (Lipinski definition) is 7. The number of pyridine rings is 1. The van der Waals surface area contributed by atoms with Crippen LogP contribution in [0.4, 0.5) is 9.39 Å². The minimum absolute atomic E-state index is 0.0234. The second kappa shape index (κ2) is 11.5. The fourth-order valence-electron chi connectivity index (χ4n) is 4.31. The van der Waals surface area contributed by atoms with E-state index in [1.807, 2.05) is 12.1 Å². The third-order valence-corrected chi connectivity index (χ3v) is 8.77. The van der Waals surface area contributed by atoms with Gasteiger partial charge < -0.3 is 10.6 Å². The highest BCUT2D eigenvalue weighted by Crippen LogP contribution is 2.39. The molecular weight excluding hydrogens is 544 g/mol. The molecule has 1 aromatic carbocycles. The lowest BCUT2D eigenvalue weighted by molar-refractivity contribution is -0.122. The molecule has 1 saturated heterocycles. The maximum absolute atomic E-state index is 13.2. The number of amides is 3. The number of rotatable bonds is 8. The summed E-state index contributed by atoms with van der Waals surface area (Å²) in [4.78, 5) is 45.9. The van der Waals surface area contributed by atoms with Crippen molar-refractivity contribution in [1.82, 2.24) is 15.2 Å². The molecule has 3 amide bonds. The van der Waals surface area contributed by atoms with Crippen LogP contribution in [0.25, 0.3) is 6.08 Å². The largest absolute Gasteiger partial charge is 0.348 e. The minimum Gasteiger partial charge on any atom is -0.348 e. The number of hydrogen-bond donors (Lipinski definition) is 2. The van der Waals surface area contributed by atoms with Gasteiger partial charge in [-0.15, -0.1) is 11.3 Å². The van der Waals surface area contributed by atoms with Crippen molar-refractivity contribution in [3.63, 3.8) is 0 Å². The molecule has 0 unspecified atom stereocenters. The normalized spacial score (nSPS) is 15.7. The second-order valence-electron chi connectivity index (χ2n) is 8.79. The molecule has 0 bridgehead atoms. The molecule has 2 aromatic heterocycles. The first-order valence-electron chi connectivity index (χ1n) is 12.0. The monoisotopic (exact) mass is 566 g/mol. The Morgan fingerprint density at radius 3 is 2.76 bits per heavy atom. The molecule has 0 atom stereocenters. The minimum atomic E-state index is -0.356. The van der Waals surface area contributed by atoms with Gasteiger partial charge >= 0.3 is 0 Å².